The number of hydrogen-bond donors (Lipinski definition) is 2. The quantitative estimate of drug-likeness (QED) is 0.860. The molecule has 2 aromatic rings. The predicted octanol–water partition coefficient (Wildman–Crippen LogP) is 3.13. The molecule has 21 heavy (non-hydrogen) atoms. The van der Waals surface area contributed by atoms with Crippen LogP contribution in [0, 0.1) is 18.6 Å². The maximum atomic E-state index is 13.3. The van der Waals surface area contributed by atoms with Crippen molar-refractivity contribution in [2.75, 3.05) is 18.5 Å². The molecule has 0 fully saturated rings. The van der Waals surface area contributed by atoms with E-state index in [1.165, 1.54) is 30.3 Å². The number of rotatable bonds is 6. The fraction of sp³-hybridized carbons (Fsp3) is 0.250. The van der Waals surface area contributed by atoms with Gasteiger partial charge in [0.25, 0.3) is 0 Å². The lowest BCUT2D eigenvalue weighted by molar-refractivity contribution is 0.117. The minimum Gasteiger partial charge on any atom is -0.491 e. The van der Waals surface area contributed by atoms with Gasteiger partial charge < -0.3 is 15.2 Å². The van der Waals surface area contributed by atoms with Crippen LogP contribution in [0.25, 0.3) is 0 Å². The molecule has 0 spiro atoms. The molecule has 1 atom stereocenters. The summed E-state index contributed by atoms with van der Waals surface area (Å²) < 4.78 is 31.4. The van der Waals surface area contributed by atoms with Crippen LogP contribution in [0.2, 0.25) is 0 Å². The van der Waals surface area contributed by atoms with Gasteiger partial charge in [-0.25, -0.2) is 8.78 Å². The van der Waals surface area contributed by atoms with Crippen LogP contribution in [0.5, 0.6) is 5.75 Å². The molecule has 5 heteroatoms. The Morgan fingerprint density at radius 3 is 2.52 bits per heavy atom. The van der Waals surface area contributed by atoms with Crippen molar-refractivity contribution in [3.05, 3.63) is 59.7 Å². The normalized spacial score (nSPS) is 12.0. The summed E-state index contributed by atoms with van der Waals surface area (Å²) >= 11 is 0. The van der Waals surface area contributed by atoms with Gasteiger partial charge >= 0.3 is 0 Å². The van der Waals surface area contributed by atoms with E-state index in [2.05, 4.69) is 5.32 Å². The average molecular weight is 293 g/mol. The molecule has 0 aliphatic rings. The fourth-order valence-electron chi connectivity index (χ4n) is 1.72. The second-order valence-corrected chi connectivity index (χ2v) is 4.76. The molecule has 0 radical (unpaired) electrons. The van der Waals surface area contributed by atoms with Crippen molar-refractivity contribution in [2.45, 2.75) is 13.0 Å². The maximum absolute atomic E-state index is 13.3. The van der Waals surface area contributed by atoms with Crippen molar-refractivity contribution in [1.29, 1.82) is 0 Å². The maximum Gasteiger partial charge on any atom is 0.128 e. The van der Waals surface area contributed by atoms with Gasteiger partial charge in [-0.15, -0.1) is 0 Å². The Kier molecular flexibility index (Phi) is 5.11. The van der Waals surface area contributed by atoms with Crippen molar-refractivity contribution in [2.24, 2.45) is 0 Å². The van der Waals surface area contributed by atoms with Crippen LogP contribution in [-0.2, 0) is 0 Å². The van der Waals surface area contributed by atoms with Gasteiger partial charge in [0.1, 0.15) is 30.1 Å². The summed E-state index contributed by atoms with van der Waals surface area (Å²) in [4.78, 5) is 0. The van der Waals surface area contributed by atoms with Crippen LogP contribution in [-0.4, -0.2) is 24.4 Å². The third-order valence-corrected chi connectivity index (χ3v) is 2.97. The van der Waals surface area contributed by atoms with E-state index < -0.39 is 6.10 Å². The molecule has 2 N–H and O–H groups in total. The van der Waals surface area contributed by atoms with Crippen molar-refractivity contribution >= 4 is 5.69 Å². The van der Waals surface area contributed by atoms with E-state index >= 15 is 0 Å². The zero-order chi connectivity index (χ0) is 15.2. The molecule has 0 bridgehead atoms. The fourth-order valence-corrected chi connectivity index (χ4v) is 1.72. The highest BCUT2D eigenvalue weighted by molar-refractivity contribution is 5.45. The molecule has 2 rings (SSSR count). The van der Waals surface area contributed by atoms with Gasteiger partial charge in [-0.3, -0.25) is 0 Å². The first-order valence-corrected chi connectivity index (χ1v) is 6.61. The predicted molar refractivity (Wildman–Crippen MR) is 77.5 cm³/mol. The first-order chi connectivity index (χ1) is 10.0. The van der Waals surface area contributed by atoms with E-state index in [4.69, 9.17) is 4.74 Å². The number of aliphatic hydroxyl groups is 1. The Labute approximate surface area is 122 Å². The Bertz CT molecular complexity index is 587. The second-order valence-electron chi connectivity index (χ2n) is 4.76. The molecule has 0 heterocycles. The molecule has 3 nitrogen and oxygen atoms in total. The van der Waals surface area contributed by atoms with E-state index in [1.807, 2.05) is 0 Å². The minimum absolute atomic E-state index is 0.0625. The zero-order valence-corrected chi connectivity index (χ0v) is 11.6. The van der Waals surface area contributed by atoms with Crippen LogP contribution in [0.15, 0.2) is 42.5 Å². The van der Waals surface area contributed by atoms with Gasteiger partial charge in [-0.1, -0.05) is 6.07 Å². The number of hydrogen-bond acceptors (Lipinski definition) is 3. The van der Waals surface area contributed by atoms with Crippen molar-refractivity contribution in [3.63, 3.8) is 0 Å². The van der Waals surface area contributed by atoms with E-state index in [0.717, 1.165) is 0 Å². The number of benzene rings is 2. The lowest BCUT2D eigenvalue weighted by Crippen LogP contribution is -2.26. The number of ether oxygens (including phenoxy) is 1. The molecule has 0 saturated heterocycles. The third-order valence-electron chi connectivity index (χ3n) is 2.97. The Hall–Kier alpha value is -2.14. The summed E-state index contributed by atoms with van der Waals surface area (Å²) in [5, 5.41) is 12.7. The highest BCUT2D eigenvalue weighted by Gasteiger charge is 2.06. The Balaban J connectivity index is 1.77. The molecule has 0 aromatic heterocycles. The van der Waals surface area contributed by atoms with Gasteiger partial charge in [0.15, 0.2) is 0 Å². The molecule has 0 aliphatic heterocycles. The molecule has 112 valence electrons. The summed E-state index contributed by atoms with van der Waals surface area (Å²) in [7, 11) is 0. The third kappa shape index (κ3) is 4.72. The monoisotopic (exact) mass is 293 g/mol. The van der Waals surface area contributed by atoms with Crippen LogP contribution >= 0.6 is 0 Å². The lowest BCUT2D eigenvalue weighted by atomic mass is 10.2. The van der Waals surface area contributed by atoms with Gasteiger partial charge in [0, 0.05) is 12.2 Å². The first kappa shape index (κ1) is 15.3. The van der Waals surface area contributed by atoms with Crippen LogP contribution in [0.4, 0.5) is 14.5 Å². The molecule has 0 amide bonds. The van der Waals surface area contributed by atoms with Crippen LogP contribution in [0.1, 0.15) is 5.56 Å². The Morgan fingerprint density at radius 2 is 1.86 bits per heavy atom. The number of aliphatic hydroxyl groups excluding tert-OH is 1. The summed E-state index contributed by atoms with van der Waals surface area (Å²) in [5.74, 6) is -0.153. The number of anilines is 1. The largest absolute Gasteiger partial charge is 0.491 e. The van der Waals surface area contributed by atoms with E-state index in [1.54, 1.807) is 19.1 Å². The van der Waals surface area contributed by atoms with Crippen molar-refractivity contribution < 1.29 is 18.6 Å². The average Bonchev–Trinajstić information content (AvgIpc) is 2.48. The molecular weight excluding hydrogens is 276 g/mol. The standard InChI is InChI=1S/C16H17F2NO2/c1-11-2-5-13(8-16(11)18)19-9-14(20)10-21-15-6-3-12(17)4-7-15/h2-8,14,19-20H,9-10H2,1H3. The Morgan fingerprint density at radius 1 is 1.14 bits per heavy atom. The molecule has 2 aromatic carbocycles. The second kappa shape index (κ2) is 7.04. The summed E-state index contributed by atoms with van der Waals surface area (Å²) in [6.07, 6.45) is -0.764. The smallest absolute Gasteiger partial charge is 0.128 e. The van der Waals surface area contributed by atoms with E-state index in [9.17, 15) is 13.9 Å². The topological polar surface area (TPSA) is 41.5 Å². The SMILES string of the molecule is Cc1ccc(NCC(O)COc2ccc(F)cc2)cc1F. The van der Waals surface area contributed by atoms with Gasteiger partial charge in [-0.05, 0) is 48.9 Å². The van der Waals surface area contributed by atoms with E-state index in [0.29, 0.717) is 17.0 Å². The summed E-state index contributed by atoms with van der Waals surface area (Å²) in [6, 6.07) is 10.3. The number of nitrogens with one attached hydrogen (secondary N) is 1. The highest BCUT2D eigenvalue weighted by Crippen LogP contribution is 2.14. The zero-order valence-electron chi connectivity index (χ0n) is 11.6. The molecule has 0 saturated carbocycles. The van der Waals surface area contributed by atoms with E-state index in [-0.39, 0.29) is 24.8 Å². The highest BCUT2D eigenvalue weighted by atomic mass is 19.1. The minimum atomic E-state index is -0.764. The summed E-state index contributed by atoms with van der Waals surface area (Å²) in [6.45, 7) is 1.97. The number of halogens is 2. The van der Waals surface area contributed by atoms with Crippen LogP contribution < -0.4 is 10.1 Å². The number of aryl methyl sites for hydroxylation is 1. The molecular formula is C16H17F2NO2. The van der Waals surface area contributed by atoms with Gasteiger partial charge in [0.05, 0.1) is 0 Å². The lowest BCUT2D eigenvalue weighted by Gasteiger charge is -2.14. The summed E-state index contributed by atoms with van der Waals surface area (Å²) in [5.41, 5.74) is 1.17. The first-order valence-electron chi connectivity index (χ1n) is 6.61. The van der Waals surface area contributed by atoms with Crippen molar-refractivity contribution in [1.82, 2.24) is 0 Å². The molecule has 1 unspecified atom stereocenters. The van der Waals surface area contributed by atoms with Gasteiger partial charge in [-0.2, -0.15) is 0 Å². The van der Waals surface area contributed by atoms with Gasteiger partial charge in [0.2, 0.25) is 0 Å². The van der Waals surface area contributed by atoms with Crippen LogP contribution in [0.3, 0.4) is 0 Å². The molecule has 0 aliphatic carbocycles. The van der Waals surface area contributed by atoms with Crippen molar-refractivity contribution in [3.8, 4) is 5.75 Å².